The second-order valence-electron chi connectivity index (χ2n) is 6.65. The van der Waals surface area contributed by atoms with Gasteiger partial charge in [0.05, 0.1) is 11.5 Å². The van der Waals surface area contributed by atoms with Gasteiger partial charge in [-0.25, -0.2) is 13.2 Å². The SMILES string of the molecule is C[C@@]1(c2cc(CC(=O)C3CC3(F)F)ccc2F)CCOCC(N)=N1. The van der Waals surface area contributed by atoms with E-state index in [1.165, 1.54) is 18.2 Å². The van der Waals surface area contributed by atoms with Gasteiger partial charge in [-0.15, -0.1) is 0 Å². The van der Waals surface area contributed by atoms with E-state index in [0.717, 1.165) is 0 Å². The summed E-state index contributed by atoms with van der Waals surface area (Å²) in [5, 5.41) is 0. The summed E-state index contributed by atoms with van der Waals surface area (Å²) < 4.78 is 45.7. The third-order valence-corrected chi connectivity index (χ3v) is 4.58. The van der Waals surface area contributed by atoms with Crippen LogP contribution in [0.25, 0.3) is 0 Å². The maximum absolute atomic E-state index is 14.3. The molecule has 1 aliphatic heterocycles. The van der Waals surface area contributed by atoms with Crippen molar-refractivity contribution in [3.05, 3.63) is 35.1 Å². The molecule has 0 aromatic heterocycles. The fraction of sp³-hybridized carbons (Fsp3) is 0.529. The maximum Gasteiger partial charge on any atom is 0.258 e. The maximum atomic E-state index is 14.3. The quantitative estimate of drug-likeness (QED) is 0.916. The molecule has 1 unspecified atom stereocenters. The Balaban J connectivity index is 1.86. The van der Waals surface area contributed by atoms with Crippen molar-refractivity contribution >= 4 is 11.6 Å². The van der Waals surface area contributed by atoms with E-state index >= 15 is 0 Å². The minimum Gasteiger partial charge on any atom is -0.386 e. The van der Waals surface area contributed by atoms with Crippen molar-refractivity contribution in [3.8, 4) is 0 Å². The zero-order chi connectivity index (χ0) is 17.5. The predicted octanol–water partition coefficient (Wildman–Crippen LogP) is 2.59. The van der Waals surface area contributed by atoms with Gasteiger partial charge in [0.1, 0.15) is 24.0 Å². The molecule has 1 aromatic carbocycles. The molecule has 2 atom stereocenters. The number of Topliss-reactive ketones (excluding diaryl/α,β-unsaturated/α-hetero) is 1. The third kappa shape index (κ3) is 3.31. The average molecular weight is 340 g/mol. The number of ether oxygens (including phenoxy) is 1. The van der Waals surface area contributed by atoms with E-state index in [4.69, 9.17) is 10.5 Å². The Morgan fingerprint density at radius 2 is 2.17 bits per heavy atom. The lowest BCUT2D eigenvalue weighted by molar-refractivity contribution is -0.121. The number of halogens is 3. The zero-order valence-electron chi connectivity index (χ0n) is 13.3. The van der Waals surface area contributed by atoms with Gasteiger partial charge in [0.2, 0.25) is 0 Å². The summed E-state index contributed by atoms with van der Waals surface area (Å²) in [6, 6.07) is 4.21. The average Bonchev–Trinajstić information content (AvgIpc) is 3.18. The summed E-state index contributed by atoms with van der Waals surface area (Å²) in [6.45, 7) is 2.30. The van der Waals surface area contributed by atoms with Crippen LogP contribution in [0.3, 0.4) is 0 Å². The van der Waals surface area contributed by atoms with E-state index in [-0.39, 0.29) is 18.9 Å². The Morgan fingerprint density at radius 1 is 1.46 bits per heavy atom. The Bertz CT molecular complexity index is 705. The highest BCUT2D eigenvalue weighted by atomic mass is 19.3. The van der Waals surface area contributed by atoms with E-state index in [1.807, 2.05) is 0 Å². The van der Waals surface area contributed by atoms with Gasteiger partial charge < -0.3 is 10.5 Å². The van der Waals surface area contributed by atoms with E-state index in [9.17, 15) is 18.0 Å². The van der Waals surface area contributed by atoms with E-state index < -0.39 is 35.4 Å². The zero-order valence-corrected chi connectivity index (χ0v) is 13.3. The number of amidine groups is 1. The van der Waals surface area contributed by atoms with Crippen LogP contribution in [0, 0.1) is 11.7 Å². The van der Waals surface area contributed by atoms with Crippen LogP contribution in [0.2, 0.25) is 0 Å². The molecule has 4 nitrogen and oxygen atoms in total. The Labute approximate surface area is 137 Å². The molecule has 1 aromatic rings. The van der Waals surface area contributed by atoms with Gasteiger partial charge in [-0.2, -0.15) is 0 Å². The molecule has 0 saturated heterocycles. The first-order chi connectivity index (χ1) is 11.2. The van der Waals surface area contributed by atoms with Crippen molar-refractivity contribution in [1.29, 1.82) is 0 Å². The number of nitrogens with two attached hydrogens (primary N) is 1. The smallest absolute Gasteiger partial charge is 0.258 e. The minimum absolute atomic E-state index is 0.140. The normalized spacial score (nSPS) is 28.8. The number of benzene rings is 1. The summed E-state index contributed by atoms with van der Waals surface area (Å²) in [4.78, 5) is 16.3. The Kier molecular flexibility index (Phi) is 4.15. The largest absolute Gasteiger partial charge is 0.386 e. The standard InChI is InChI=1S/C17H19F3N2O2/c1-16(4-5-24-9-15(21)22-16)11-6-10(2-3-13(11)18)7-14(23)12-8-17(12,19)20/h2-3,6,12H,4-5,7-9H2,1H3,(H2,21,22)/t12?,16-/m0/s1. The van der Waals surface area contributed by atoms with Crippen molar-refractivity contribution in [2.45, 2.75) is 37.6 Å². The molecule has 1 heterocycles. The first-order valence-corrected chi connectivity index (χ1v) is 7.83. The summed E-state index contributed by atoms with van der Waals surface area (Å²) in [7, 11) is 0. The Hall–Kier alpha value is -1.89. The number of hydrogen-bond acceptors (Lipinski definition) is 4. The van der Waals surface area contributed by atoms with Crippen molar-refractivity contribution < 1.29 is 22.7 Å². The van der Waals surface area contributed by atoms with E-state index in [2.05, 4.69) is 4.99 Å². The second-order valence-corrected chi connectivity index (χ2v) is 6.65. The third-order valence-electron chi connectivity index (χ3n) is 4.58. The molecule has 3 rings (SSSR count). The van der Waals surface area contributed by atoms with Gasteiger partial charge >= 0.3 is 0 Å². The molecule has 2 N–H and O–H groups in total. The summed E-state index contributed by atoms with van der Waals surface area (Å²) >= 11 is 0. The molecule has 2 aliphatic rings. The lowest BCUT2D eigenvalue weighted by Gasteiger charge is -2.25. The molecule has 0 radical (unpaired) electrons. The molecular weight excluding hydrogens is 321 g/mol. The van der Waals surface area contributed by atoms with Crippen LogP contribution in [-0.4, -0.2) is 30.8 Å². The lowest BCUT2D eigenvalue weighted by Crippen LogP contribution is -2.25. The molecule has 1 aliphatic carbocycles. The highest BCUT2D eigenvalue weighted by molar-refractivity contribution is 5.87. The first-order valence-electron chi connectivity index (χ1n) is 7.83. The van der Waals surface area contributed by atoms with Crippen LogP contribution < -0.4 is 5.73 Å². The lowest BCUT2D eigenvalue weighted by atomic mass is 9.87. The van der Waals surface area contributed by atoms with Crippen LogP contribution in [0.1, 0.15) is 30.9 Å². The highest BCUT2D eigenvalue weighted by Gasteiger charge is 2.60. The monoisotopic (exact) mass is 340 g/mol. The number of ketones is 1. The number of carbonyl (C=O) groups is 1. The van der Waals surface area contributed by atoms with Crippen LogP contribution >= 0.6 is 0 Å². The van der Waals surface area contributed by atoms with E-state index in [1.54, 1.807) is 6.92 Å². The summed E-state index contributed by atoms with van der Waals surface area (Å²) in [5.74, 6) is -4.81. The molecule has 1 saturated carbocycles. The van der Waals surface area contributed by atoms with Crippen molar-refractivity contribution in [2.24, 2.45) is 16.6 Å². The number of alkyl halides is 2. The molecule has 24 heavy (non-hydrogen) atoms. The van der Waals surface area contributed by atoms with Gasteiger partial charge in [-0.1, -0.05) is 12.1 Å². The molecule has 7 heteroatoms. The van der Waals surface area contributed by atoms with E-state index in [0.29, 0.717) is 24.2 Å². The number of aliphatic imine (C=N–C) groups is 1. The van der Waals surface area contributed by atoms with Gasteiger partial charge in [0.15, 0.2) is 0 Å². The summed E-state index contributed by atoms with van der Waals surface area (Å²) in [5.41, 5.74) is 5.64. The minimum atomic E-state index is -2.89. The predicted molar refractivity (Wildman–Crippen MR) is 82.6 cm³/mol. The van der Waals surface area contributed by atoms with Crippen molar-refractivity contribution in [3.63, 3.8) is 0 Å². The molecule has 0 bridgehead atoms. The van der Waals surface area contributed by atoms with Crippen LogP contribution in [-0.2, 0) is 21.5 Å². The number of rotatable bonds is 4. The topological polar surface area (TPSA) is 64.7 Å². The Morgan fingerprint density at radius 3 is 2.83 bits per heavy atom. The second kappa shape index (κ2) is 5.88. The van der Waals surface area contributed by atoms with Gasteiger partial charge in [0, 0.05) is 25.0 Å². The number of carbonyl (C=O) groups excluding carboxylic acids is 1. The van der Waals surface area contributed by atoms with Crippen LogP contribution in [0.4, 0.5) is 13.2 Å². The van der Waals surface area contributed by atoms with Crippen LogP contribution in [0.5, 0.6) is 0 Å². The first kappa shape index (κ1) is 17.0. The number of nitrogens with zero attached hydrogens (tertiary/aromatic N) is 1. The fourth-order valence-corrected chi connectivity index (χ4v) is 3.03. The molecule has 1 fully saturated rings. The van der Waals surface area contributed by atoms with Crippen molar-refractivity contribution in [1.82, 2.24) is 0 Å². The molecule has 130 valence electrons. The fourth-order valence-electron chi connectivity index (χ4n) is 3.03. The van der Waals surface area contributed by atoms with Gasteiger partial charge in [0.25, 0.3) is 5.92 Å². The highest BCUT2D eigenvalue weighted by Crippen LogP contribution is 2.49. The van der Waals surface area contributed by atoms with Gasteiger partial charge in [-0.3, -0.25) is 9.79 Å². The van der Waals surface area contributed by atoms with Crippen LogP contribution in [0.15, 0.2) is 23.2 Å². The molecule has 0 amide bonds. The van der Waals surface area contributed by atoms with Crippen molar-refractivity contribution in [2.75, 3.05) is 13.2 Å². The molecule has 0 spiro atoms. The molecular formula is C17H19F3N2O2. The summed E-state index contributed by atoms with van der Waals surface area (Å²) in [6.07, 6.45) is -0.0994. The number of hydrogen-bond donors (Lipinski definition) is 1. The van der Waals surface area contributed by atoms with Gasteiger partial charge in [-0.05, 0) is 25.0 Å².